The van der Waals surface area contributed by atoms with E-state index in [-0.39, 0.29) is 18.1 Å². The maximum Gasteiger partial charge on any atom is 0.238 e. The number of hydrogen-bond acceptors (Lipinski definition) is 3. The number of nitrogens with one attached hydrogen (secondary N) is 1. The Bertz CT molecular complexity index is 738. The molecule has 2 aromatic rings. The number of aromatic nitrogens is 2. The zero-order valence-corrected chi connectivity index (χ0v) is 14.2. The maximum absolute atomic E-state index is 13.6. The molecule has 1 amide bonds. The van der Waals surface area contributed by atoms with Crippen LogP contribution in [0.5, 0.6) is 0 Å². The number of imidazole rings is 1. The Labute approximate surface area is 145 Å². The molecule has 3 rings (SSSR count). The van der Waals surface area contributed by atoms with Gasteiger partial charge in [-0.2, -0.15) is 0 Å². The van der Waals surface area contributed by atoms with Gasteiger partial charge < -0.3 is 9.88 Å². The molecular formula is C18H22F2N4O. The number of anilines is 1. The minimum Gasteiger partial charge on any atom is -0.335 e. The highest BCUT2D eigenvalue weighted by Crippen LogP contribution is 2.20. The van der Waals surface area contributed by atoms with Crippen LogP contribution in [0.2, 0.25) is 0 Å². The first-order valence-electron chi connectivity index (χ1n) is 8.46. The molecule has 2 heterocycles. The summed E-state index contributed by atoms with van der Waals surface area (Å²) in [6.07, 6.45) is 5.82. The van der Waals surface area contributed by atoms with Crippen molar-refractivity contribution in [3.8, 4) is 0 Å². The molecule has 5 nitrogen and oxygen atoms in total. The maximum atomic E-state index is 13.6. The van der Waals surface area contributed by atoms with Gasteiger partial charge in [0.25, 0.3) is 0 Å². The summed E-state index contributed by atoms with van der Waals surface area (Å²) in [5.41, 5.74) is 0.0110. The first kappa shape index (κ1) is 17.5. The standard InChI is InChI=1S/C18H22F2N4O/c1-13-21-6-9-24(13)11-14-4-7-23(8-5-14)12-18(25)22-17-3-2-15(19)10-16(17)20/h2-3,6,9-10,14H,4-5,7-8,11-12H2,1H3,(H,22,25). The lowest BCUT2D eigenvalue weighted by Gasteiger charge is -2.31. The van der Waals surface area contributed by atoms with Crippen molar-refractivity contribution < 1.29 is 13.6 Å². The van der Waals surface area contributed by atoms with Crippen LogP contribution >= 0.6 is 0 Å². The monoisotopic (exact) mass is 348 g/mol. The van der Waals surface area contributed by atoms with E-state index in [1.165, 1.54) is 6.07 Å². The van der Waals surface area contributed by atoms with Gasteiger partial charge in [-0.05, 0) is 50.9 Å². The Kier molecular flexibility index (Phi) is 5.43. The molecule has 0 atom stereocenters. The molecule has 0 saturated carbocycles. The molecule has 0 spiro atoms. The number of benzene rings is 1. The molecule has 7 heteroatoms. The third kappa shape index (κ3) is 4.63. The van der Waals surface area contributed by atoms with Crippen LogP contribution in [0.3, 0.4) is 0 Å². The van der Waals surface area contributed by atoms with Crippen molar-refractivity contribution in [2.45, 2.75) is 26.3 Å². The minimum atomic E-state index is -0.761. The highest BCUT2D eigenvalue weighted by Gasteiger charge is 2.21. The number of carbonyl (C=O) groups excluding carboxylic acids is 1. The average molecular weight is 348 g/mol. The highest BCUT2D eigenvalue weighted by atomic mass is 19.1. The molecule has 1 aliphatic rings. The molecule has 1 aliphatic heterocycles. The summed E-state index contributed by atoms with van der Waals surface area (Å²) in [5, 5.41) is 2.51. The fourth-order valence-corrected chi connectivity index (χ4v) is 3.19. The lowest BCUT2D eigenvalue weighted by Crippen LogP contribution is -2.40. The minimum absolute atomic E-state index is 0.0110. The predicted octanol–water partition coefficient (Wildman–Crippen LogP) is 2.82. The number of amides is 1. The van der Waals surface area contributed by atoms with Gasteiger partial charge in [-0.15, -0.1) is 0 Å². The van der Waals surface area contributed by atoms with E-state index in [1.54, 1.807) is 0 Å². The zero-order valence-electron chi connectivity index (χ0n) is 14.2. The van der Waals surface area contributed by atoms with Gasteiger partial charge >= 0.3 is 0 Å². The van der Waals surface area contributed by atoms with Crippen LogP contribution in [-0.4, -0.2) is 40.0 Å². The molecular weight excluding hydrogens is 326 g/mol. The Balaban J connectivity index is 1.45. The summed E-state index contributed by atoms with van der Waals surface area (Å²) >= 11 is 0. The second-order valence-electron chi connectivity index (χ2n) is 6.52. The van der Waals surface area contributed by atoms with Crippen LogP contribution in [0.25, 0.3) is 0 Å². The Hall–Kier alpha value is -2.28. The number of piperidine rings is 1. The van der Waals surface area contributed by atoms with Crippen molar-refractivity contribution in [2.24, 2.45) is 5.92 Å². The number of likely N-dealkylation sites (tertiary alicyclic amines) is 1. The molecule has 0 aliphatic carbocycles. The summed E-state index contributed by atoms with van der Waals surface area (Å²) in [7, 11) is 0. The van der Waals surface area contributed by atoms with Crippen molar-refractivity contribution in [3.63, 3.8) is 0 Å². The number of carbonyl (C=O) groups is 1. The van der Waals surface area contributed by atoms with Gasteiger partial charge in [0.05, 0.1) is 12.2 Å². The normalized spacial score (nSPS) is 16.1. The van der Waals surface area contributed by atoms with Gasteiger partial charge in [-0.25, -0.2) is 13.8 Å². The Morgan fingerprint density at radius 2 is 2.08 bits per heavy atom. The van der Waals surface area contributed by atoms with E-state index >= 15 is 0 Å². The van der Waals surface area contributed by atoms with E-state index in [0.717, 1.165) is 50.4 Å². The van der Waals surface area contributed by atoms with E-state index in [9.17, 15) is 13.6 Å². The number of aryl methyl sites for hydroxylation is 1. The fraction of sp³-hybridized carbons (Fsp3) is 0.444. The topological polar surface area (TPSA) is 50.2 Å². The molecule has 1 aromatic heterocycles. The van der Waals surface area contributed by atoms with Crippen LogP contribution in [0.1, 0.15) is 18.7 Å². The third-order valence-electron chi connectivity index (χ3n) is 4.66. The van der Waals surface area contributed by atoms with Crippen LogP contribution in [-0.2, 0) is 11.3 Å². The van der Waals surface area contributed by atoms with Crippen LogP contribution < -0.4 is 5.32 Å². The highest BCUT2D eigenvalue weighted by molar-refractivity contribution is 5.92. The van der Waals surface area contributed by atoms with Crippen LogP contribution in [0.15, 0.2) is 30.6 Å². The fourth-order valence-electron chi connectivity index (χ4n) is 3.19. The lowest BCUT2D eigenvalue weighted by atomic mass is 9.96. The van der Waals surface area contributed by atoms with E-state index in [0.29, 0.717) is 5.92 Å². The molecule has 25 heavy (non-hydrogen) atoms. The van der Waals surface area contributed by atoms with E-state index < -0.39 is 11.6 Å². The average Bonchev–Trinajstić information content (AvgIpc) is 2.97. The molecule has 0 unspecified atom stereocenters. The van der Waals surface area contributed by atoms with E-state index in [2.05, 4.69) is 19.8 Å². The van der Waals surface area contributed by atoms with Gasteiger partial charge in [0.1, 0.15) is 17.5 Å². The van der Waals surface area contributed by atoms with Gasteiger partial charge in [-0.3, -0.25) is 9.69 Å². The van der Waals surface area contributed by atoms with Crippen LogP contribution in [0, 0.1) is 24.5 Å². The Morgan fingerprint density at radius 3 is 2.72 bits per heavy atom. The number of rotatable bonds is 5. The Morgan fingerprint density at radius 1 is 1.32 bits per heavy atom. The van der Waals surface area contributed by atoms with E-state index in [1.807, 2.05) is 19.3 Å². The number of nitrogens with zero attached hydrogens (tertiary/aromatic N) is 3. The second kappa shape index (κ2) is 7.74. The van der Waals surface area contributed by atoms with E-state index in [4.69, 9.17) is 0 Å². The van der Waals surface area contributed by atoms with Crippen LogP contribution in [0.4, 0.5) is 14.5 Å². The SMILES string of the molecule is Cc1nccn1CC1CCN(CC(=O)Nc2ccc(F)cc2F)CC1. The first-order chi connectivity index (χ1) is 12.0. The quantitative estimate of drug-likeness (QED) is 0.904. The van der Waals surface area contributed by atoms with Crippen molar-refractivity contribution in [1.29, 1.82) is 0 Å². The molecule has 1 saturated heterocycles. The molecule has 1 aromatic carbocycles. The molecule has 134 valence electrons. The summed E-state index contributed by atoms with van der Waals surface area (Å²) in [6, 6.07) is 3.13. The van der Waals surface area contributed by atoms with Gasteiger partial charge in [0, 0.05) is 25.0 Å². The number of halogens is 2. The van der Waals surface area contributed by atoms with Gasteiger partial charge in [-0.1, -0.05) is 0 Å². The summed E-state index contributed by atoms with van der Waals surface area (Å²) in [4.78, 5) is 18.4. The molecule has 1 N–H and O–H groups in total. The smallest absolute Gasteiger partial charge is 0.238 e. The lowest BCUT2D eigenvalue weighted by molar-refractivity contribution is -0.117. The van der Waals surface area contributed by atoms with Crippen molar-refractivity contribution in [3.05, 3.63) is 48.1 Å². The molecule has 0 radical (unpaired) electrons. The summed E-state index contributed by atoms with van der Waals surface area (Å²) < 4.78 is 28.6. The third-order valence-corrected chi connectivity index (χ3v) is 4.66. The van der Waals surface area contributed by atoms with Crippen molar-refractivity contribution >= 4 is 11.6 Å². The van der Waals surface area contributed by atoms with Crippen molar-refractivity contribution in [1.82, 2.24) is 14.5 Å². The molecule has 1 fully saturated rings. The molecule has 0 bridgehead atoms. The zero-order chi connectivity index (χ0) is 17.8. The summed E-state index contributed by atoms with van der Waals surface area (Å²) in [6.45, 7) is 4.82. The largest absolute Gasteiger partial charge is 0.335 e. The first-order valence-corrected chi connectivity index (χ1v) is 8.46. The second-order valence-corrected chi connectivity index (χ2v) is 6.52. The number of hydrogen-bond donors (Lipinski definition) is 1. The summed E-state index contributed by atoms with van der Waals surface area (Å²) in [5.74, 6) is -0.118. The van der Waals surface area contributed by atoms with Crippen molar-refractivity contribution in [2.75, 3.05) is 25.0 Å². The van der Waals surface area contributed by atoms with Gasteiger partial charge in [0.15, 0.2) is 0 Å². The van der Waals surface area contributed by atoms with Gasteiger partial charge in [0.2, 0.25) is 5.91 Å². The predicted molar refractivity (Wildman–Crippen MR) is 91.1 cm³/mol.